The highest BCUT2D eigenvalue weighted by Crippen LogP contribution is 2.21. The maximum atomic E-state index is 5.59. The highest BCUT2D eigenvalue weighted by molar-refractivity contribution is 7.80. The van der Waals surface area contributed by atoms with E-state index in [1.165, 1.54) is 5.57 Å². The molecule has 0 saturated heterocycles. The summed E-state index contributed by atoms with van der Waals surface area (Å²) < 4.78 is 0. The second kappa shape index (κ2) is 3.68. The van der Waals surface area contributed by atoms with Crippen LogP contribution in [0.1, 0.15) is 13.8 Å². The molecule has 1 aliphatic rings. The van der Waals surface area contributed by atoms with Gasteiger partial charge in [-0.05, 0) is 12.5 Å². The van der Waals surface area contributed by atoms with Crippen LogP contribution in [0, 0.1) is 5.92 Å². The van der Waals surface area contributed by atoms with Crippen molar-refractivity contribution < 1.29 is 0 Å². The quantitative estimate of drug-likeness (QED) is 0.625. The van der Waals surface area contributed by atoms with E-state index < -0.39 is 0 Å². The van der Waals surface area contributed by atoms with Crippen LogP contribution in [0.4, 0.5) is 0 Å². The molecule has 64 valence electrons. The van der Waals surface area contributed by atoms with Gasteiger partial charge in [0.1, 0.15) is 0 Å². The third-order valence-corrected chi connectivity index (χ3v) is 2.42. The van der Waals surface area contributed by atoms with Crippen molar-refractivity contribution in [1.82, 2.24) is 0 Å². The fourth-order valence-corrected chi connectivity index (χ4v) is 1.44. The van der Waals surface area contributed by atoms with Crippen molar-refractivity contribution in [2.24, 2.45) is 11.7 Å². The Kier molecular flexibility index (Phi) is 2.82. The molecule has 0 fully saturated rings. The fourth-order valence-electron chi connectivity index (χ4n) is 1.20. The Bertz CT molecular complexity index is 284. The molecule has 12 heavy (non-hydrogen) atoms. The maximum Gasteiger partial charge on any atom is 0.1000 e. The molecule has 0 aliphatic heterocycles. The molecule has 1 aliphatic carbocycles. The first-order valence-corrected chi connectivity index (χ1v) is 4.38. The summed E-state index contributed by atoms with van der Waals surface area (Å²) in [6.45, 7) is 4.20. The van der Waals surface area contributed by atoms with Crippen LogP contribution >= 0.6 is 12.2 Å². The molecule has 0 radical (unpaired) electrons. The molecule has 2 heteroatoms. The van der Waals surface area contributed by atoms with E-state index >= 15 is 0 Å². The molecule has 0 heterocycles. The van der Waals surface area contributed by atoms with E-state index in [2.05, 4.69) is 19.9 Å². The van der Waals surface area contributed by atoms with Gasteiger partial charge < -0.3 is 5.73 Å². The first-order valence-electron chi connectivity index (χ1n) is 3.97. The van der Waals surface area contributed by atoms with E-state index in [9.17, 15) is 0 Å². The van der Waals surface area contributed by atoms with Crippen molar-refractivity contribution in [1.29, 1.82) is 0 Å². The Morgan fingerprint density at radius 1 is 1.42 bits per heavy atom. The topological polar surface area (TPSA) is 26.0 Å². The van der Waals surface area contributed by atoms with E-state index in [1.54, 1.807) is 0 Å². The first-order chi connectivity index (χ1) is 5.63. The van der Waals surface area contributed by atoms with Crippen LogP contribution in [0.5, 0.6) is 0 Å². The molecule has 1 rings (SSSR count). The number of allylic oxidation sites excluding steroid dienone is 5. The van der Waals surface area contributed by atoms with Gasteiger partial charge in [0.15, 0.2) is 0 Å². The van der Waals surface area contributed by atoms with Crippen LogP contribution in [0.25, 0.3) is 0 Å². The van der Waals surface area contributed by atoms with Crippen LogP contribution in [0.2, 0.25) is 0 Å². The molecule has 0 spiro atoms. The van der Waals surface area contributed by atoms with Crippen LogP contribution in [-0.4, -0.2) is 4.99 Å². The second-order valence-corrected chi connectivity index (χ2v) is 3.44. The number of rotatable bonds is 1. The zero-order valence-corrected chi connectivity index (χ0v) is 8.19. The highest BCUT2D eigenvalue weighted by Gasteiger charge is 2.12. The summed E-state index contributed by atoms with van der Waals surface area (Å²) in [5.41, 5.74) is 7.93. The fraction of sp³-hybridized carbons (Fsp3) is 0.300. The average molecular weight is 179 g/mol. The third kappa shape index (κ3) is 1.83. The molecular weight excluding hydrogens is 166 g/mol. The second-order valence-electron chi connectivity index (χ2n) is 3.00. The summed E-state index contributed by atoms with van der Waals surface area (Å²) in [7, 11) is 0. The van der Waals surface area contributed by atoms with Crippen LogP contribution in [-0.2, 0) is 0 Å². The molecule has 0 amide bonds. The van der Waals surface area contributed by atoms with E-state index in [1.807, 2.05) is 18.2 Å². The van der Waals surface area contributed by atoms with Gasteiger partial charge in [-0.1, -0.05) is 49.0 Å². The SMILES string of the molecule is CC1=CC=CC=C(C(N)=S)C1C. The van der Waals surface area contributed by atoms with E-state index in [0.717, 1.165) is 5.57 Å². The summed E-state index contributed by atoms with van der Waals surface area (Å²) >= 11 is 4.95. The Labute approximate surface area is 78.6 Å². The monoisotopic (exact) mass is 179 g/mol. The number of hydrogen-bond donors (Lipinski definition) is 1. The molecule has 1 atom stereocenters. The van der Waals surface area contributed by atoms with Crippen molar-refractivity contribution >= 4 is 17.2 Å². The minimum atomic E-state index is 0.345. The average Bonchev–Trinajstić information content (AvgIpc) is 2.15. The van der Waals surface area contributed by atoms with Gasteiger partial charge >= 0.3 is 0 Å². The van der Waals surface area contributed by atoms with Crippen LogP contribution in [0.15, 0.2) is 35.5 Å². The Balaban J connectivity index is 3.02. The Morgan fingerprint density at radius 2 is 2.00 bits per heavy atom. The smallest absolute Gasteiger partial charge is 0.1000 e. The molecule has 0 saturated carbocycles. The lowest BCUT2D eigenvalue weighted by atomic mass is 9.94. The van der Waals surface area contributed by atoms with Crippen molar-refractivity contribution in [2.45, 2.75) is 13.8 Å². The minimum absolute atomic E-state index is 0.345. The lowest BCUT2D eigenvalue weighted by Crippen LogP contribution is -2.17. The summed E-state index contributed by atoms with van der Waals surface area (Å²) in [5.74, 6) is 0.345. The Hall–Kier alpha value is -0.890. The summed E-state index contributed by atoms with van der Waals surface area (Å²) in [6.07, 6.45) is 8.06. The van der Waals surface area contributed by atoms with E-state index in [0.29, 0.717) is 10.9 Å². The van der Waals surface area contributed by atoms with Gasteiger partial charge in [-0.15, -0.1) is 0 Å². The summed E-state index contributed by atoms with van der Waals surface area (Å²) in [6, 6.07) is 0. The lowest BCUT2D eigenvalue weighted by molar-refractivity contribution is 0.838. The molecule has 0 aromatic rings. The molecule has 1 unspecified atom stereocenters. The first kappa shape index (κ1) is 9.20. The normalized spacial score (nSPS) is 22.7. The molecule has 0 aromatic carbocycles. The van der Waals surface area contributed by atoms with Gasteiger partial charge in [0.2, 0.25) is 0 Å². The molecule has 2 N–H and O–H groups in total. The molecule has 0 aromatic heterocycles. The van der Waals surface area contributed by atoms with Gasteiger partial charge in [0.05, 0.1) is 4.99 Å². The van der Waals surface area contributed by atoms with Crippen molar-refractivity contribution in [3.63, 3.8) is 0 Å². The van der Waals surface area contributed by atoms with Crippen LogP contribution in [0.3, 0.4) is 0 Å². The zero-order valence-electron chi connectivity index (χ0n) is 7.37. The third-order valence-electron chi connectivity index (χ3n) is 2.18. The van der Waals surface area contributed by atoms with Gasteiger partial charge in [0.25, 0.3) is 0 Å². The Morgan fingerprint density at radius 3 is 2.58 bits per heavy atom. The highest BCUT2D eigenvalue weighted by atomic mass is 32.1. The standard InChI is InChI=1S/C10H13NS/c1-7-5-3-4-6-9(8(7)2)10(11)12/h3-6,8H,1-2H3,(H2,11,12). The molecular formula is C10H13NS. The van der Waals surface area contributed by atoms with Gasteiger partial charge in [0, 0.05) is 5.92 Å². The maximum absolute atomic E-state index is 5.59. The largest absolute Gasteiger partial charge is 0.390 e. The van der Waals surface area contributed by atoms with E-state index in [4.69, 9.17) is 18.0 Å². The lowest BCUT2D eigenvalue weighted by Gasteiger charge is -2.13. The van der Waals surface area contributed by atoms with E-state index in [-0.39, 0.29) is 0 Å². The summed E-state index contributed by atoms with van der Waals surface area (Å²) in [4.78, 5) is 0.502. The van der Waals surface area contributed by atoms with Gasteiger partial charge in [-0.25, -0.2) is 0 Å². The predicted octanol–water partition coefficient (Wildman–Crippen LogP) is 2.35. The van der Waals surface area contributed by atoms with Gasteiger partial charge in [-0.3, -0.25) is 0 Å². The summed E-state index contributed by atoms with van der Waals surface area (Å²) in [5, 5.41) is 0. The number of hydrogen-bond acceptors (Lipinski definition) is 1. The minimum Gasteiger partial charge on any atom is -0.390 e. The molecule has 0 bridgehead atoms. The number of thiocarbonyl (C=S) groups is 1. The molecule has 1 nitrogen and oxygen atoms in total. The van der Waals surface area contributed by atoms with Crippen molar-refractivity contribution in [2.75, 3.05) is 0 Å². The van der Waals surface area contributed by atoms with Crippen molar-refractivity contribution in [3.05, 3.63) is 35.5 Å². The zero-order chi connectivity index (χ0) is 9.14. The van der Waals surface area contributed by atoms with Gasteiger partial charge in [-0.2, -0.15) is 0 Å². The predicted molar refractivity (Wildman–Crippen MR) is 56.9 cm³/mol. The number of nitrogens with two attached hydrogens (primary N) is 1. The van der Waals surface area contributed by atoms with Crippen molar-refractivity contribution in [3.8, 4) is 0 Å². The van der Waals surface area contributed by atoms with Crippen LogP contribution < -0.4 is 5.73 Å².